The Labute approximate surface area is 153 Å². The molecule has 0 unspecified atom stereocenters. The smallest absolute Gasteiger partial charge is 0.251 e. The summed E-state index contributed by atoms with van der Waals surface area (Å²) in [5.74, 6) is 0. The van der Waals surface area contributed by atoms with E-state index in [4.69, 9.17) is 4.99 Å². The topological polar surface area (TPSA) is 64.3 Å². The van der Waals surface area contributed by atoms with Gasteiger partial charge in [-0.2, -0.15) is 17.6 Å². The number of fused-ring (bicyclic) bond motifs is 1. The molecule has 4 rings (SSSR count). The maximum absolute atomic E-state index is 12.8. The summed E-state index contributed by atoms with van der Waals surface area (Å²) < 4.78 is 26.6. The second-order valence-corrected chi connectivity index (χ2v) is 8.82. The van der Waals surface area contributed by atoms with Crippen LogP contribution in [0.1, 0.15) is 30.5 Å². The molecule has 5 nitrogen and oxygen atoms in total. The third-order valence-electron chi connectivity index (χ3n) is 4.80. The molecule has 3 aromatic rings. The van der Waals surface area contributed by atoms with Crippen molar-refractivity contribution in [3.8, 4) is 0 Å². The number of rotatable bonds is 3. The second-order valence-electron chi connectivity index (χ2n) is 7.02. The first-order valence-corrected chi connectivity index (χ1v) is 9.80. The zero-order valence-electron chi connectivity index (χ0n) is 14.8. The van der Waals surface area contributed by atoms with Gasteiger partial charge < -0.3 is 0 Å². The van der Waals surface area contributed by atoms with Crippen LogP contribution in [0.2, 0.25) is 0 Å². The van der Waals surface area contributed by atoms with E-state index in [1.54, 1.807) is 36.7 Å². The van der Waals surface area contributed by atoms with Crippen LogP contribution in [0.4, 0.5) is 5.69 Å². The van der Waals surface area contributed by atoms with Gasteiger partial charge in [-0.1, -0.05) is 49.7 Å². The SMILES string of the molecule is Cc1ccc(S(=O)(=O)n2cc(C3=Nc4ccccc4C3(C)C)cn2)cc1. The maximum Gasteiger partial charge on any atom is 0.282 e. The van der Waals surface area contributed by atoms with Gasteiger partial charge in [-0.25, -0.2) is 0 Å². The number of nitrogens with zero attached hydrogens (tertiary/aromatic N) is 3. The highest BCUT2D eigenvalue weighted by Gasteiger charge is 2.36. The van der Waals surface area contributed by atoms with Crippen molar-refractivity contribution in [1.29, 1.82) is 0 Å². The highest BCUT2D eigenvalue weighted by atomic mass is 32.2. The van der Waals surface area contributed by atoms with Gasteiger partial charge in [-0.3, -0.25) is 4.99 Å². The molecule has 26 heavy (non-hydrogen) atoms. The fourth-order valence-corrected chi connectivity index (χ4v) is 4.41. The lowest BCUT2D eigenvalue weighted by molar-refractivity contribution is 0.580. The minimum atomic E-state index is -3.72. The first kappa shape index (κ1) is 16.7. The summed E-state index contributed by atoms with van der Waals surface area (Å²) in [7, 11) is -3.72. The van der Waals surface area contributed by atoms with E-state index in [9.17, 15) is 8.42 Å². The minimum absolute atomic E-state index is 0.216. The van der Waals surface area contributed by atoms with Crippen molar-refractivity contribution < 1.29 is 8.42 Å². The number of para-hydroxylation sites is 1. The molecule has 2 aromatic carbocycles. The molecule has 0 aliphatic carbocycles. The van der Waals surface area contributed by atoms with E-state index >= 15 is 0 Å². The van der Waals surface area contributed by atoms with Crippen LogP contribution in [0.3, 0.4) is 0 Å². The normalized spacial score (nSPS) is 15.6. The fourth-order valence-electron chi connectivity index (χ4n) is 3.29. The Balaban J connectivity index is 1.75. The predicted octanol–water partition coefficient (Wildman–Crippen LogP) is 3.84. The van der Waals surface area contributed by atoms with Crippen molar-refractivity contribution in [2.75, 3.05) is 0 Å². The Morgan fingerprint density at radius 1 is 1.00 bits per heavy atom. The fraction of sp³-hybridized carbons (Fsp3) is 0.200. The summed E-state index contributed by atoms with van der Waals surface area (Å²) in [6.45, 7) is 6.09. The second kappa shape index (κ2) is 5.64. The molecule has 0 spiro atoms. The molecule has 0 fully saturated rings. The zero-order chi connectivity index (χ0) is 18.5. The largest absolute Gasteiger partial charge is 0.282 e. The van der Waals surface area contributed by atoms with E-state index in [1.165, 1.54) is 0 Å². The molecule has 1 aromatic heterocycles. The van der Waals surface area contributed by atoms with Crippen LogP contribution in [-0.4, -0.2) is 23.3 Å². The van der Waals surface area contributed by atoms with Crippen molar-refractivity contribution in [1.82, 2.24) is 9.19 Å². The minimum Gasteiger partial charge on any atom is -0.251 e. The van der Waals surface area contributed by atoms with Crippen LogP contribution in [0, 0.1) is 6.92 Å². The summed E-state index contributed by atoms with van der Waals surface area (Å²) in [5.41, 5.74) is 4.28. The predicted molar refractivity (Wildman–Crippen MR) is 102 cm³/mol. The van der Waals surface area contributed by atoms with E-state index in [0.29, 0.717) is 5.56 Å². The van der Waals surface area contributed by atoms with Crippen LogP contribution in [-0.2, 0) is 15.4 Å². The number of hydrogen-bond donors (Lipinski definition) is 0. The quantitative estimate of drug-likeness (QED) is 0.708. The lowest BCUT2D eigenvalue weighted by atomic mass is 9.80. The Hall–Kier alpha value is -2.73. The lowest BCUT2D eigenvalue weighted by Crippen LogP contribution is -2.26. The van der Waals surface area contributed by atoms with Gasteiger partial charge in [0.05, 0.1) is 28.7 Å². The Morgan fingerprint density at radius 3 is 2.38 bits per heavy atom. The molecule has 0 amide bonds. The van der Waals surface area contributed by atoms with Crippen molar-refractivity contribution >= 4 is 21.4 Å². The van der Waals surface area contributed by atoms with Gasteiger partial charge in [0.2, 0.25) is 0 Å². The first-order valence-electron chi connectivity index (χ1n) is 8.36. The molecule has 0 saturated heterocycles. The third-order valence-corrected chi connectivity index (χ3v) is 6.36. The van der Waals surface area contributed by atoms with Gasteiger partial charge in [0.1, 0.15) is 0 Å². The van der Waals surface area contributed by atoms with Crippen molar-refractivity contribution in [2.45, 2.75) is 31.1 Å². The van der Waals surface area contributed by atoms with Crippen LogP contribution < -0.4 is 0 Å². The average Bonchev–Trinajstić information content (AvgIpc) is 3.19. The number of hydrogen-bond acceptors (Lipinski definition) is 4. The van der Waals surface area contributed by atoms with E-state index in [2.05, 4.69) is 25.0 Å². The van der Waals surface area contributed by atoms with Gasteiger partial charge in [0.15, 0.2) is 0 Å². The highest BCUT2D eigenvalue weighted by molar-refractivity contribution is 7.89. The summed E-state index contributed by atoms with van der Waals surface area (Å²) in [6, 6.07) is 14.7. The molecule has 0 radical (unpaired) electrons. The average molecular weight is 365 g/mol. The van der Waals surface area contributed by atoms with Crippen LogP contribution in [0.25, 0.3) is 0 Å². The highest BCUT2D eigenvalue weighted by Crippen LogP contribution is 2.41. The van der Waals surface area contributed by atoms with E-state index < -0.39 is 10.0 Å². The molecule has 0 atom stereocenters. The summed E-state index contributed by atoms with van der Waals surface area (Å²) in [4.78, 5) is 4.94. The van der Waals surface area contributed by atoms with Gasteiger partial charge in [-0.05, 0) is 30.7 Å². The van der Waals surface area contributed by atoms with Crippen LogP contribution in [0.15, 0.2) is 70.8 Å². The van der Waals surface area contributed by atoms with E-state index in [1.807, 2.05) is 25.1 Å². The molecule has 1 aliphatic rings. The Bertz CT molecular complexity index is 1120. The molecule has 0 N–H and O–H groups in total. The van der Waals surface area contributed by atoms with Crippen molar-refractivity contribution in [3.63, 3.8) is 0 Å². The molecule has 132 valence electrons. The van der Waals surface area contributed by atoms with Gasteiger partial charge >= 0.3 is 0 Å². The first-order chi connectivity index (χ1) is 12.3. The van der Waals surface area contributed by atoms with Crippen LogP contribution >= 0.6 is 0 Å². The van der Waals surface area contributed by atoms with Gasteiger partial charge in [-0.15, -0.1) is 0 Å². The molecule has 0 bridgehead atoms. The van der Waals surface area contributed by atoms with Gasteiger partial charge in [0.25, 0.3) is 10.0 Å². The molecular formula is C20H19N3O2S. The standard InChI is InChI=1S/C20H19N3O2S/c1-14-8-10-16(11-9-14)26(24,25)23-13-15(12-21-23)19-20(2,3)17-6-4-5-7-18(17)22-19/h4-13H,1-3H3. The molecular weight excluding hydrogens is 346 g/mol. The Kier molecular flexibility index (Phi) is 3.63. The number of aromatic nitrogens is 2. The van der Waals surface area contributed by atoms with Crippen molar-refractivity contribution in [2.24, 2.45) is 4.99 Å². The monoisotopic (exact) mass is 365 g/mol. The third kappa shape index (κ3) is 2.49. The van der Waals surface area contributed by atoms with E-state index in [-0.39, 0.29) is 10.3 Å². The molecule has 2 heterocycles. The van der Waals surface area contributed by atoms with E-state index in [0.717, 1.165) is 26.6 Å². The molecule has 0 saturated carbocycles. The summed E-state index contributed by atoms with van der Waals surface area (Å²) in [6.07, 6.45) is 3.11. The van der Waals surface area contributed by atoms with Gasteiger partial charge in [0, 0.05) is 11.0 Å². The van der Waals surface area contributed by atoms with Crippen molar-refractivity contribution in [3.05, 3.63) is 77.6 Å². The summed E-state index contributed by atoms with van der Waals surface area (Å²) in [5, 5.41) is 4.11. The Morgan fingerprint density at radius 2 is 1.69 bits per heavy atom. The number of benzene rings is 2. The maximum atomic E-state index is 12.8. The lowest BCUT2D eigenvalue weighted by Gasteiger charge is -2.21. The molecule has 1 aliphatic heterocycles. The molecule has 6 heteroatoms. The zero-order valence-corrected chi connectivity index (χ0v) is 15.7. The summed E-state index contributed by atoms with van der Waals surface area (Å²) >= 11 is 0. The van der Waals surface area contributed by atoms with Crippen LogP contribution in [0.5, 0.6) is 0 Å². The number of aryl methyl sites for hydroxylation is 1. The number of aliphatic imine (C=N–C) groups is 1.